The van der Waals surface area contributed by atoms with Gasteiger partial charge in [-0.15, -0.1) is 0 Å². The molecule has 0 aliphatic heterocycles. The van der Waals surface area contributed by atoms with Crippen LogP contribution in [0.5, 0.6) is 5.75 Å². The van der Waals surface area contributed by atoms with E-state index < -0.39 is 5.91 Å². The van der Waals surface area contributed by atoms with Crippen LogP contribution in [0.15, 0.2) is 24.5 Å². The molecule has 0 spiro atoms. The van der Waals surface area contributed by atoms with E-state index in [1.165, 1.54) is 12.1 Å². The van der Waals surface area contributed by atoms with E-state index in [1.807, 2.05) is 0 Å². The van der Waals surface area contributed by atoms with Gasteiger partial charge in [0.05, 0.1) is 17.1 Å². The third-order valence-electron chi connectivity index (χ3n) is 2.23. The number of phenols is 1. The number of amides is 1. The Morgan fingerprint density at radius 3 is 2.83 bits per heavy atom. The molecule has 1 aromatic carbocycles. The Labute approximate surface area is 113 Å². The zero-order valence-electron chi connectivity index (χ0n) is 9.08. The Morgan fingerprint density at radius 1 is 1.44 bits per heavy atom. The third-order valence-corrected chi connectivity index (χ3v) is 2.75. The predicted octanol–water partition coefficient (Wildman–Crippen LogP) is 2.35. The molecule has 0 radical (unpaired) electrons. The molecule has 0 saturated heterocycles. The molecular formula is C11H9Cl2N3O2. The zero-order valence-corrected chi connectivity index (χ0v) is 10.6. The number of carbonyl (C=O) groups is 1. The average Bonchev–Trinajstić information content (AvgIpc) is 2.77. The van der Waals surface area contributed by atoms with E-state index in [0.717, 1.165) is 0 Å². The number of imidazole rings is 1. The fourth-order valence-corrected chi connectivity index (χ4v) is 2.00. The second-order valence-electron chi connectivity index (χ2n) is 3.50. The number of hydrogen-bond acceptors (Lipinski definition) is 3. The smallest absolute Gasteiger partial charge is 0.256 e. The van der Waals surface area contributed by atoms with Crippen molar-refractivity contribution < 1.29 is 9.90 Å². The first kappa shape index (κ1) is 12.7. The van der Waals surface area contributed by atoms with Gasteiger partial charge in [-0.2, -0.15) is 0 Å². The van der Waals surface area contributed by atoms with Crippen LogP contribution in [-0.4, -0.2) is 21.0 Å². The molecule has 7 heteroatoms. The van der Waals surface area contributed by atoms with Crippen LogP contribution in [0.1, 0.15) is 16.2 Å². The molecule has 1 aromatic heterocycles. The summed E-state index contributed by atoms with van der Waals surface area (Å²) >= 11 is 11.6. The zero-order chi connectivity index (χ0) is 13.1. The highest BCUT2D eigenvalue weighted by molar-refractivity contribution is 6.37. The first-order valence-corrected chi connectivity index (χ1v) is 5.78. The molecule has 0 bridgehead atoms. The number of phenolic OH excluding ortho intramolecular Hbond substituents is 1. The number of aromatic hydroxyl groups is 1. The maximum Gasteiger partial charge on any atom is 0.256 e. The van der Waals surface area contributed by atoms with Crippen LogP contribution in [0.25, 0.3) is 0 Å². The highest BCUT2D eigenvalue weighted by atomic mass is 35.5. The van der Waals surface area contributed by atoms with Gasteiger partial charge in [-0.3, -0.25) is 4.79 Å². The molecule has 2 aromatic rings. The lowest BCUT2D eigenvalue weighted by atomic mass is 10.2. The molecule has 1 amide bonds. The number of H-pyrrole nitrogens is 1. The van der Waals surface area contributed by atoms with E-state index in [-0.39, 0.29) is 27.9 Å². The lowest BCUT2D eigenvalue weighted by molar-refractivity contribution is 0.0947. The summed E-state index contributed by atoms with van der Waals surface area (Å²) in [5, 5.41) is 12.6. The summed E-state index contributed by atoms with van der Waals surface area (Å²) in [6.07, 6.45) is 3.22. The maximum atomic E-state index is 11.9. The van der Waals surface area contributed by atoms with Gasteiger partial charge in [-0.25, -0.2) is 4.98 Å². The Bertz CT molecular complexity index is 547. The second-order valence-corrected chi connectivity index (χ2v) is 4.34. The molecule has 0 unspecified atom stereocenters. The Kier molecular flexibility index (Phi) is 3.74. The van der Waals surface area contributed by atoms with Crippen molar-refractivity contribution in [1.29, 1.82) is 0 Å². The van der Waals surface area contributed by atoms with E-state index in [2.05, 4.69) is 15.3 Å². The fraction of sp³-hybridized carbons (Fsp3) is 0.0909. The summed E-state index contributed by atoms with van der Waals surface area (Å²) in [6.45, 7) is 0.213. The van der Waals surface area contributed by atoms with Gasteiger partial charge in [0.2, 0.25) is 0 Å². The maximum absolute atomic E-state index is 11.9. The molecule has 0 aliphatic rings. The lowest BCUT2D eigenvalue weighted by Crippen LogP contribution is -2.23. The number of nitrogens with zero attached hydrogens (tertiary/aromatic N) is 1. The van der Waals surface area contributed by atoms with Crippen LogP contribution in [0.3, 0.4) is 0 Å². The lowest BCUT2D eigenvalue weighted by Gasteiger charge is -2.08. The first-order valence-electron chi connectivity index (χ1n) is 5.02. The minimum Gasteiger partial charge on any atom is -0.507 e. The van der Waals surface area contributed by atoms with Crippen LogP contribution in [0.2, 0.25) is 10.0 Å². The van der Waals surface area contributed by atoms with Gasteiger partial charge >= 0.3 is 0 Å². The van der Waals surface area contributed by atoms with Crippen LogP contribution >= 0.6 is 23.2 Å². The fourth-order valence-electron chi connectivity index (χ4n) is 1.43. The van der Waals surface area contributed by atoms with Crippen molar-refractivity contribution in [1.82, 2.24) is 15.3 Å². The predicted molar refractivity (Wildman–Crippen MR) is 67.9 cm³/mol. The summed E-state index contributed by atoms with van der Waals surface area (Å²) < 4.78 is 0. The number of rotatable bonds is 3. The molecule has 0 aliphatic carbocycles. The van der Waals surface area contributed by atoms with Crippen molar-refractivity contribution in [3.63, 3.8) is 0 Å². The molecular weight excluding hydrogens is 277 g/mol. The number of aromatic nitrogens is 2. The van der Waals surface area contributed by atoms with Gasteiger partial charge in [0.15, 0.2) is 0 Å². The van der Waals surface area contributed by atoms with Crippen LogP contribution in [0, 0.1) is 0 Å². The number of hydrogen-bond donors (Lipinski definition) is 3. The molecule has 1 heterocycles. The van der Waals surface area contributed by atoms with Gasteiger partial charge in [0.25, 0.3) is 5.91 Å². The number of aromatic amines is 1. The van der Waals surface area contributed by atoms with Gasteiger partial charge in [0, 0.05) is 17.4 Å². The molecule has 0 atom stereocenters. The number of benzene rings is 1. The topological polar surface area (TPSA) is 78.0 Å². The van der Waals surface area contributed by atoms with E-state index >= 15 is 0 Å². The molecule has 5 nitrogen and oxygen atoms in total. The molecule has 94 valence electrons. The van der Waals surface area contributed by atoms with Crippen LogP contribution < -0.4 is 5.32 Å². The normalized spacial score (nSPS) is 10.3. The molecule has 0 fully saturated rings. The van der Waals surface area contributed by atoms with Gasteiger partial charge < -0.3 is 15.4 Å². The van der Waals surface area contributed by atoms with E-state index in [1.54, 1.807) is 12.4 Å². The number of carbonyl (C=O) groups excluding carboxylic acids is 1. The van der Waals surface area contributed by atoms with Crippen molar-refractivity contribution in [3.05, 3.63) is 46.0 Å². The quantitative estimate of drug-likeness (QED) is 0.810. The van der Waals surface area contributed by atoms with Gasteiger partial charge in [0.1, 0.15) is 11.6 Å². The summed E-state index contributed by atoms with van der Waals surface area (Å²) in [7, 11) is 0. The monoisotopic (exact) mass is 285 g/mol. The number of halogens is 2. The SMILES string of the molecule is O=C(NCc1ncc[nH]1)c1c(O)cc(Cl)cc1Cl. The van der Waals surface area contributed by atoms with E-state index in [9.17, 15) is 9.90 Å². The van der Waals surface area contributed by atoms with Crippen molar-refractivity contribution in [2.45, 2.75) is 6.54 Å². The highest BCUT2D eigenvalue weighted by Gasteiger charge is 2.16. The minimum absolute atomic E-state index is 0.00683. The summed E-state index contributed by atoms with van der Waals surface area (Å²) in [4.78, 5) is 18.6. The Hall–Kier alpha value is -1.72. The summed E-state index contributed by atoms with van der Waals surface area (Å²) in [5.74, 6) is -0.150. The van der Waals surface area contributed by atoms with E-state index in [0.29, 0.717) is 5.82 Å². The van der Waals surface area contributed by atoms with Gasteiger partial charge in [-0.05, 0) is 12.1 Å². The Balaban J connectivity index is 2.14. The van der Waals surface area contributed by atoms with Crippen LogP contribution in [-0.2, 0) is 6.54 Å². The molecule has 18 heavy (non-hydrogen) atoms. The standard InChI is InChI=1S/C11H9Cl2N3O2/c12-6-3-7(13)10(8(17)4-6)11(18)16-5-9-14-1-2-15-9/h1-4,17H,5H2,(H,14,15)(H,16,18). The Morgan fingerprint density at radius 2 is 2.22 bits per heavy atom. The van der Waals surface area contributed by atoms with Crippen molar-refractivity contribution in [3.8, 4) is 5.75 Å². The van der Waals surface area contributed by atoms with Crippen molar-refractivity contribution in [2.24, 2.45) is 0 Å². The second kappa shape index (κ2) is 5.29. The van der Waals surface area contributed by atoms with Crippen molar-refractivity contribution >= 4 is 29.1 Å². The van der Waals surface area contributed by atoms with Gasteiger partial charge in [-0.1, -0.05) is 23.2 Å². The van der Waals surface area contributed by atoms with Crippen molar-refractivity contribution in [2.75, 3.05) is 0 Å². The summed E-state index contributed by atoms with van der Waals surface area (Å²) in [6, 6.07) is 2.65. The average molecular weight is 286 g/mol. The molecule has 0 saturated carbocycles. The van der Waals surface area contributed by atoms with E-state index in [4.69, 9.17) is 23.2 Å². The molecule has 2 rings (SSSR count). The minimum atomic E-state index is -0.495. The summed E-state index contributed by atoms with van der Waals surface area (Å²) in [5.41, 5.74) is -0.00683. The number of nitrogens with one attached hydrogen (secondary N) is 2. The largest absolute Gasteiger partial charge is 0.507 e. The first-order chi connectivity index (χ1) is 8.58. The molecule has 3 N–H and O–H groups in total. The highest BCUT2D eigenvalue weighted by Crippen LogP contribution is 2.29. The van der Waals surface area contributed by atoms with Crippen LogP contribution in [0.4, 0.5) is 0 Å². The third kappa shape index (κ3) is 2.75.